The van der Waals surface area contributed by atoms with Gasteiger partial charge < -0.3 is 9.30 Å². The molecule has 0 radical (unpaired) electrons. The molecule has 0 amide bonds. The zero-order valence-electron chi connectivity index (χ0n) is 18.6. The lowest BCUT2D eigenvalue weighted by Crippen LogP contribution is -2.45. The van der Waals surface area contributed by atoms with Crippen molar-refractivity contribution in [2.75, 3.05) is 33.3 Å². The summed E-state index contributed by atoms with van der Waals surface area (Å²) in [6.07, 6.45) is 0. The van der Waals surface area contributed by atoms with Gasteiger partial charge in [0.05, 0.1) is 7.11 Å². The Labute approximate surface area is 184 Å². The predicted molar refractivity (Wildman–Crippen MR) is 129 cm³/mol. The maximum atomic E-state index is 5.27. The molecule has 1 aromatic heterocycles. The molecule has 1 aliphatic heterocycles. The summed E-state index contributed by atoms with van der Waals surface area (Å²) in [4.78, 5) is 5.14. The number of aromatic nitrogens is 1. The van der Waals surface area contributed by atoms with Gasteiger partial charge in [0.2, 0.25) is 0 Å². The summed E-state index contributed by atoms with van der Waals surface area (Å²) in [7, 11) is 1.72. The molecule has 3 aromatic carbocycles. The van der Waals surface area contributed by atoms with Gasteiger partial charge in [0.25, 0.3) is 0 Å². The van der Waals surface area contributed by atoms with Gasteiger partial charge >= 0.3 is 0 Å². The van der Waals surface area contributed by atoms with Gasteiger partial charge in [0, 0.05) is 67.6 Å². The van der Waals surface area contributed by atoms with Crippen molar-refractivity contribution in [1.82, 2.24) is 14.4 Å². The first kappa shape index (κ1) is 20.1. The minimum Gasteiger partial charge on any atom is -0.497 e. The molecule has 2 heterocycles. The Balaban J connectivity index is 1.25. The second kappa shape index (κ2) is 8.74. The summed E-state index contributed by atoms with van der Waals surface area (Å²) in [6, 6.07) is 24.3. The first-order valence-electron chi connectivity index (χ1n) is 11.3. The molecule has 0 aliphatic carbocycles. The summed E-state index contributed by atoms with van der Waals surface area (Å²) >= 11 is 0. The maximum absolute atomic E-state index is 5.27. The number of fused-ring (bicyclic) bond motifs is 3. The number of benzene rings is 3. The molecule has 4 aromatic rings. The Hall–Kier alpha value is -2.82. The Bertz CT molecular complexity index is 1170. The molecule has 1 fully saturated rings. The summed E-state index contributed by atoms with van der Waals surface area (Å²) < 4.78 is 7.69. The lowest BCUT2D eigenvalue weighted by molar-refractivity contribution is 0.122. The van der Waals surface area contributed by atoms with Gasteiger partial charge in [0.1, 0.15) is 5.75 Å². The third-order valence-corrected chi connectivity index (χ3v) is 6.59. The number of methoxy groups -OCH3 is 1. The molecule has 0 atom stereocenters. The fourth-order valence-electron chi connectivity index (χ4n) is 4.89. The second-order valence-corrected chi connectivity index (χ2v) is 8.51. The van der Waals surface area contributed by atoms with Crippen LogP contribution in [0.2, 0.25) is 0 Å². The van der Waals surface area contributed by atoms with Crippen molar-refractivity contribution in [3.63, 3.8) is 0 Å². The average molecular weight is 414 g/mol. The number of rotatable bonds is 6. The fraction of sp³-hybridized carbons (Fsp3) is 0.333. The minimum absolute atomic E-state index is 0.924. The number of hydrogen-bond donors (Lipinski definition) is 0. The Morgan fingerprint density at radius 3 is 2.00 bits per heavy atom. The number of nitrogens with zero attached hydrogens (tertiary/aromatic N) is 3. The van der Waals surface area contributed by atoms with E-state index in [1.165, 1.54) is 32.9 Å². The molecule has 0 unspecified atom stereocenters. The summed E-state index contributed by atoms with van der Waals surface area (Å²) in [6.45, 7) is 9.73. The highest BCUT2D eigenvalue weighted by Crippen LogP contribution is 2.30. The lowest BCUT2D eigenvalue weighted by atomic mass is 10.1. The van der Waals surface area contributed by atoms with E-state index in [9.17, 15) is 0 Å². The standard InChI is InChI=1S/C27H31N3O/c1-3-30-26-7-5-4-6-24(26)25-18-22(10-13-27(25)30)20-29-16-14-28(15-17-29)19-21-8-11-23(31-2)12-9-21/h4-13,18H,3,14-17,19-20H2,1-2H3. The van der Waals surface area contributed by atoms with Gasteiger partial charge in [-0.2, -0.15) is 0 Å². The number of ether oxygens (including phenoxy) is 1. The van der Waals surface area contributed by atoms with Crippen LogP contribution in [0, 0.1) is 0 Å². The highest BCUT2D eigenvalue weighted by molar-refractivity contribution is 6.08. The molecule has 31 heavy (non-hydrogen) atoms. The SMILES string of the molecule is CCn1c2ccccc2c2cc(CN3CCN(Cc4ccc(OC)cc4)CC3)ccc21. The fourth-order valence-corrected chi connectivity index (χ4v) is 4.89. The van der Waals surface area contributed by atoms with Crippen LogP contribution in [0.1, 0.15) is 18.1 Å². The van der Waals surface area contributed by atoms with Crippen molar-refractivity contribution in [3.8, 4) is 5.75 Å². The Kier molecular flexibility index (Phi) is 5.66. The van der Waals surface area contributed by atoms with Crippen LogP contribution in [-0.4, -0.2) is 47.7 Å². The quantitative estimate of drug-likeness (QED) is 0.437. The van der Waals surface area contributed by atoms with Crippen LogP contribution in [0.3, 0.4) is 0 Å². The largest absolute Gasteiger partial charge is 0.497 e. The molecule has 1 aliphatic rings. The second-order valence-electron chi connectivity index (χ2n) is 8.51. The number of aryl methyl sites for hydroxylation is 1. The molecule has 1 saturated heterocycles. The number of hydrogen-bond acceptors (Lipinski definition) is 3. The van der Waals surface area contributed by atoms with Gasteiger partial charge in [-0.15, -0.1) is 0 Å². The maximum Gasteiger partial charge on any atom is 0.118 e. The molecular formula is C27H31N3O. The molecule has 0 spiro atoms. The van der Waals surface area contributed by atoms with Gasteiger partial charge in [0.15, 0.2) is 0 Å². The molecule has 0 N–H and O–H groups in total. The predicted octanol–water partition coefficient (Wildman–Crippen LogP) is 5.14. The molecule has 4 heteroatoms. The van der Waals surface area contributed by atoms with Gasteiger partial charge in [-0.3, -0.25) is 9.80 Å². The zero-order valence-corrected chi connectivity index (χ0v) is 18.6. The van der Waals surface area contributed by atoms with Crippen molar-refractivity contribution in [2.24, 2.45) is 0 Å². The third kappa shape index (κ3) is 4.06. The van der Waals surface area contributed by atoms with Crippen LogP contribution in [-0.2, 0) is 19.6 Å². The molecule has 0 saturated carbocycles. The van der Waals surface area contributed by atoms with E-state index in [4.69, 9.17) is 4.74 Å². The lowest BCUT2D eigenvalue weighted by Gasteiger charge is -2.34. The van der Waals surface area contributed by atoms with E-state index in [0.717, 1.165) is 51.6 Å². The van der Waals surface area contributed by atoms with Crippen molar-refractivity contribution < 1.29 is 4.74 Å². The summed E-state index contributed by atoms with van der Waals surface area (Å²) in [5.74, 6) is 0.924. The minimum atomic E-state index is 0.924. The summed E-state index contributed by atoms with van der Waals surface area (Å²) in [5, 5.41) is 2.75. The topological polar surface area (TPSA) is 20.6 Å². The van der Waals surface area contributed by atoms with Crippen molar-refractivity contribution >= 4 is 21.8 Å². The molecule has 0 bridgehead atoms. The van der Waals surface area contributed by atoms with E-state index in [0.29, 0.717) is 0 Å². The van der Waals surface area contributed by atoms with E-state index in [-0.39, 0.29) is 0 Å². The molecule has 4 nitrogen and oxygen atoms in total. The normalized spacial score (nSPS) is 15.7. The zero-order chi connectivity index (χ0) is 21.2. The Morgan fingerprint density at radius 2 is 1.32 bits per heavy atom. The van der Waals surface area contributed by atoms with E-state index >= 15 is 0 Å². The van der Waals surface area contributed by atoms with Crippen LogP contribution < -0.4 is 4.74 Å². The number of para-hydroxylation sites is 1. The van der Waals surface area contributed by atoms with Crippen molar-refractivity contribution in [3.05, 3.63) is 77.9 Å². The first-order chi connectivity index (χ1) is 15.2. The number of piperazine rings is 1. The van der Waals surface area contributed by atoms with Gasteiger partial charge in [-0.05, 0) is 48.4 Å². The summed E-state index contributed by atoms with van der Waals surface area (Å²) in [5.41, 5.74) is 5.45. The van der Waals surface area contributed by atoms with Crippen LogP contribution in [0.4, 0.5) is 0 Å². The van der Waals surface area contributed by atoms with E-state index in [1.54, 1.807) is 7.11 Å². The van der Waals surface area contributed by atoms with Crippen LogP contribution >= 0.6 is 0 Å². The Morgan fingerprint density at radius 1 is 0.710 bits per heavy atom. The molecule has 160 valence electrons. The van der Waals surface area contributed by atoms with Crippen LogP contribution in [0.15, 0.2) is 66.7 Å². The van der Waals surface area contributed by atoms with Crippen LogP contribution in [0.25, 0.3) is 21.8 Å². The molecular weight excluding hydrogens is 382 g/mol. The van der Waals surface area contributed by atoms with Crippen LogP contribution in [0.5, 0.6) is 5.75 Å². The highest BCUT2D eigenvalue weighted by Gasteiger charge is 2.18. The van der Waals surface area contributed by atoms with Crippen molar-refractivity contribution in [2.45, 2.75) is 26.6 Å². The van der Waals surface area contributed by atoms with Gasteiger partial charge in [-0.25, -0.2) is 0 Å². The van der Waals surface area contributed by atoms with E-state index in [2.05, 4.69) is 88.0 Å². The first-order valence-corrected chi connectivity index (χ1v) is 11.3. The third-order valence-electron chi connectivity index (χ3n) is 6.59. The monoisotopic (exact) mass is 413 g/mol. The van der Waals surface area contributed by atoms with Gasteiger partial charge in [-0.1, -0.05) is 36.4 Å². The average Bonchev–Trinajstić information content (AvgIpc) is 3.14. The molecule has 5 rings (SSSR count). The van der Waals surface area contributed by atoms with Crippen molar-refractivity contribution in [1.29, 1.82) is 0 Å². The van der Waals surface area contributed by atoms with E-state index in [1.807, 2.05) is 0 Å². The highest BCUT2D eigenvalue weighted by atomic mass is 16.5. The smallest absolute Gasteiger partial charge is 0.118 e. The van der Waals surface area contributed by atoms with E-state index < -0.39 is 0 Å².